The van der Waals surface area contributed by atoms with E-state index in [0.717, 1.165) is 11.4 Å². The van der Waals surface area contributed by atoms with E-state index in [1.54, 1.807) is 0 Å². The summed E-state index contributed by atoms with van der Waals surface area (Å²) < 4.78 is 0. The molecule has 1 heteroatoms. The summed E-state index contributed by atoms with van der Waals surface area (Å²) in [7, 11) is 0. The summed E-state index contributed by atoms with van der Waals surface area (Å²) in [5.41, 5.74) is 14.9. The van der Waals surface area contributed by atoms with Gasteiger partial charge in [-0.2, -0.15) is 0 Å². The smallest absolute Gasteiger partial charge is 0.0546 e. The molecule has 0 bridgehead atoms. The maximum atomic E-state index is 2.54. The van der Waals surface area contributed by atoms with E-state index in [-0.39, 0.29) is 5.41 Å². The molecule has 0 unspecified atom stereocenters. The van der Waals surface area contributed by atoms with Crippen LogP contribution in [0.2, 0.25) is 0 Å². The second kappa shape index (κ2) is 12.1. The molecule has 0 atom stereocenters. The molecule has 1 aliphatic rings. The van der Waals surface area contributed by atoms with Crippen molar-refractivity contribution < 1.29 is 0 Å². The van der Waals surface area contributed by atoms with Gasteiger partial charge in [-0.25, -0.2) is 0 Å². The monoisotopic (exact) mass is 677 g/mol. The number of fused-ring (bicyclic) bond motifs is 7. The lowest BCUT2D eigenvalue weighted by atomic mass is 9.81. The third kappa shape index (κ3) is 4.92. The fourth-order valence-corrected chi connectivity index (χ4v) is 8.90. The SMILES string of the molecule is Cc1ccccc1-c1cc2ccccc2cc1N(c1ccc2c(c1)C(C)(C)c1cccc(-c3ccccc3)c1-2)c1cc2ccccc2c2ccccc12. The van der Waals surface area contributed by atoms with Crippen molar-refractivity contribution in [3.8, 4) is 33.4 Å². The van der Waals surface area contributed by atoms with Gasteiger partial charge in [-0.3, -0.25) is 0 Å². The van der Waals surface area contributed by atoms with Crippen molar-refractivity contribution in [3.05, 3.63) is 199 Å². The Morgan fingerprint density at radius 2 is 1.02 bits per heavy atom. The molecule has 252 valence electrons. The fraction of sp³-hybridized carbons (Fsp3) is 0.0769. The van der Waals surface area contributed by atoms with E-state index in [4.69, 9.17) is 0 Å². The number of hydrogen-bond donors (Lipinski definition) is 0. The molecule has 0 heterocycles. The highest BCUT2D eigenvalue weighted by atomic mass is 15.1. The number of anilines is 3. The molecule has 10 rings (SSSR count). The maximum Gasteiger partial charge on any atom is 0.0546 e. The summed E-state index contributed by atoms with van der Waals surface area (Å²) in [4.78, 5) is 2.54. The van der Waals surface area contributed by atoms with Crippen LogP contribution in [0.1, 0.15) is 30.5 Å². The highest BCUT2D eigenvalue weighted by molar-refractivity contribution is 6.15. The summed E-state index contributed by atoms with van der Waals surface area (Å²) in [5.74, 6) is 0. The zero-order valence-electron chi connectivity index (χ0n) is 30.3. The quantitative estimate of drug-likeness (QED) is 0.164. The van der Waals surface area contributed by atoms with Crippen molar-refractivity contribution in [1.29, 1.82) is 0 Å². The molecule has 1 aliphatic carbocycles. The Bertz CT molecular complexity index is 2880. The molecule has 0 radical (unpaired) electrons. The average Bonchev–Trinajstić information content (AvgIpc) is 3.44. The highest BCUT2D eigenvalue weighted by Crippen LogP contribution is 2.55. The summed E-state index contributed by atoms with van der Waals surface area (Å²) >= 11 is 0. The van der Waals surface area contributed by atoms with E-state index in [9.17, 15) is 0 Å². The summed E-state index contributed by atoms with van der Waals surface area (Å²) in [6.45, 7) is 7.01. The van der Waals surface area contributed by atoms with Crippen LogP contribution >= 0.6 is 0 Å². The topological polar surface area (TPSA) is 3.24 Å². The van der Waals surface area contributed by atoms with Crippen molar-refractivity contribution in [2.24, 2.45) is 0 Å². The predicted octanol–water partition coefficient (Wildman–Crippen LogP) is 14.6. The van der Waals surface area contributed by atoms with Crippen LogP contribution in [0.3, 0.4) is 0 Å². The minimum atomic E-state index is -0.190. The van der Waals surface area contributed by atoms with E-state index < -0.39 is 0 Å². The standard InChI is InChI=1S/C52H39N/c1-34-16-7-11-22-40(34)46-30-36-19-8-9-20-37(36)31-50(46)53(49-32-38-21-10-12-23-41(38)43-24-13-14-25-44(43)49)39-28-29-45-48(33-39)52(2,3)47-27-15-26-42(51(45)47)35-17-5-4-6-18-35/h4-33H,1-3H3. The molecule has 0 aliphatic heterocycles. The minimum absolute atomic E-state index is 0.190. The Labute approximate surface area is 311 Å². The molecule has 9 aromatic rings. The first kappa shape index (κ1) is 31.3. The molecule has 0 fully saturated rings. The minimum Gasteiger partial charge on any atom is -0.309 e. The van der Waals surface area contributed by atoms with E-state index in [0.29, 0.717) is 0 Å². The van der Waals surface area contributed by atoms with Crippen molar-refractivity contribution in [1.82, 2.24) is 0 Å². The lowest BCUT2D eigenvalue weighted by Crippen LogP contribution is -2.17. The van der Waals surface area contributed by atoms with Crippen molar-refractivity contribution >= 4 is 49.4 Å². The van der Waals surface area contributed by atoms with Gasteiger partial charge in [-0.1, -0.05) is 166 Å². The maximum absolute atomic E-state index is 2.54. The average molecular weight is 678 g/mol. The number of rotatable bonds is 5. The molecular weight excluding hydrogens is 639 g/mol. The second-order valence-electron chi connectivity index (χ2n) is 15.0. The normalized spacial score (nSPS) is 13.0. The highest BCUT2D eigenvalue weighted by Gasteiger charge is 2.37. The Morgan fingerprint density at radius 1 is 0.396 bits per heavy atom. The van der Waals surface area contributed by atoms with Crippen LogP contribution in [0, 0.1) is 6.92 Å². The van der Waals surface area contributed by atoms with Crippen LogP contribution in [0.5, 0.6) is 0 Å². The van der Waals surface area contributed by atoms with Crippen LogP contribution in [0.15, 0.2) is 182 Å². The van der Waals surface area contributed by atoms with Gasteiger partial charge in [0.15, 0.2) is 0 Å². The van der Waals surface area contributed by atoms with Crippen LogP contribution < -0.4 is 4.90 Å². The van der Waals surface area contributed by atoms with Gasteiger partial charge in [0.05, 0.1) is 11.4 Å². The zero-order chi connectivity index (χ0) is 35.7. The molecule has 0 amide bonds. The zero-order valence-corrected chi connectivity index (χ0v) is 30.3. The van der Waals surface area contributed by atoms with Gasteiger partial charge < -0.3 is 4.90 Å². The van der Waals surface area contributed by atoms with Crippen LogP contribution in [0.4, 0.5) is 17.1 Å². The number of aryl methyl sites for hydroxylation is 1. The van der Waals surface area contributed by atoms with E-state index >= 15 is 0 Å². The third-order valence-corrected chi connectivity index (χ3v) is 11.6. The van der Waals surface area contributed by atoms with E-state index in [2.05, 4.69) is 208 Å². The molecule has 9 aromatic carbocycles. The van der Waals surface area contributed by atoms with Crippen molar-refractivity contribution in [3.63, 3.8) is 0 Å². The molecule has 0 saturated carbocycles. The first-order valence-electron chi connectivity index (χ1n) is 18.6. The molecule has 53 heavy (non-hydrogen) atoms. The molecule has 0 saturated heterocycles. The van der Waals surface area contributed by atoms with Gasteiger partial charge in [0.2, 0.25) is 0 Å². The summed E-state index contributed by atoms with van der Waals surface area (Å²) in [6, 6.07) is 67.3. The number of nitrogens with zero attached hydrogens (tertiary/aromatic N) is 1. The fourth-order valence-electron chi connectivity index (χ4n) is 8.90. The lowest BCUT2D eigenvalue weighted by Gasteiger charge is -2.31. The van der Waals surface area contributed by atoms with E-state index in [1.807, 2.05) is 0 Å². The molecule has 0 N–H and O–H groups in total. The third-order valence-electron chi connectivity index (χ3n) is 11.6. The second-order valence-corrected chi connectivity index (χ2v) is 15.0. The Kier molecular flexibility index (Phi) is 7.13. The van der Waals surface area contributed by atoms with Crippen LogP contribution in [-0.4, -0.2) is 0 Å². The molecule has 0 spiro atoms. The van der Waals surface area contributed by atoms with Gasteiger partial charge >= 0.3 is 0 Å². The number of hydrogen-bond acceptors (Lipinski definition) is 1. The van der Waals surface area contributed by atoms with Crippen LogP contribution in [-0.2, 0) is 5.41 Å². The van der Waals surface area contributed by atoms with Gasteiger partial charge in [-0.05, 0) is 109 Å². The Morgan fingerprint density at radius 3 is 1.81 bits per heavy atom. The molecule has 1 nitrogen and oxygen atoms in total. The van der Waals surface area contributed by atoms with Gasteiger partial charge in [-0.15, -0.1) is 0 Å². The molecular formula is C52H39N. The largest absolute Gasteiger partial charge is 0.309 e. The summed E-state index contributed by atoms with van der Waals surface area (Å²) in [6.07, 6.45) is 0. The Balaban J connectivity index is 1.30. The van der Waals surface area contributed by atoms with E-state index in [1.165, 1.54) is 88.1 Å². The predicted molar refractivity (Wildman–Crippen MR) is 227 cm³/mol. The first-order chi connectivity index (χ1) is 26.0. The number of benzene rings is 9. The Hall–Kier alpha value is -6.44. The molecule has 0 aromatic heterocycles. The van der Waals surface area contributed by atoms with Crippen LogP contribution in [0.25, 0.3) is 65.7 Å². The van der Waals surface area contributed by atoms with Gasteiger partial charge in [0.1, 0.15) is 0 Å². The van der Waals surface area contributed by atoms with Crippen molar-refractivity contribution in [2.45, 2.75) is 26.2 Å². The van der Waals surface area contributed by atoms with Gasteiger partial charge in [0, 0.05) is 22.1 Å². The van der Waals surface area contributed by atoms with Gasteiger partial charge in [0.25, 0.3) is 0 Å². The first-order valence-corrected chi connectivity index (χ1v) is 18.6. The van der Waals surface area contributed by atoms with Crippen molar-refractivity contribution in [2.75, 3.05) is 4.90 Å². The lowest BCUT2D eigenvalue weighted by molar-refractivity contribution is 0.660. The summed E-state index contributed by atoms with van der Waals surface area (Å²) in [5, 5.41) is 7.43.